The minimum absolute atomic E-state index is 0.208. The molecule has 2 N–H and O–H groups in total. The zero-order valence-corrected chi connectivity index (χ0v) is 12.9. The number of hydrogen-bond acceptors (Lipinski definition) is 3. The second-order valence-electron chi connectivity index (χ2n) is 6.60. The summed E-state index contributed by atoms with van der Waals surface area (Å²) in [6.45, 7) is 7.69. The SMILES string of the molecule is Cc1cc(N2CCC(CN3CCCC3)CC2)c(N)cc1F. The van der Waals surface area contributed by atoms with Gasteiger partial charge in [0.1, 0.15) is 5.82 Å². The van der Waals surface area contributed by atoms with E-state index in [9.17, 15) is 4.39 Å². The number of benzene rings is 1. The molecule has 2 saturated heterocycles. The van der Waals surface area contributed by atoms with E-state index in [2.05, 4.69) is 9.80 Å². The van der Waals surface area contributed by atoms with Crippen molar-refractivity contribution in [3.05, 3.63) is 23.5 Å². The Morgan fingerprint density at radius 2 is 1.81 bits per heavy atom. The fraction of sp³-hybridized carbons (Fsp3) is 0.647. The molecule has 0 bridgehead atoms. The van der Waals surface area contributed by atoms with Crippen LogP contribution in [0.15, 0.2) is 12.1 Å². The summed E-state index contributed by atoms with van der Waals surface area (Å²) in [4.78, 5) is 4.93. The van der Waals surface area contributed by atoms with Gasteiger partial charge in [-0.3, -0.25) is 0 Å². The van der Waals surface area contributed by atoms with Gasteiger partial charge in [-0.2, -0.15) is 0 Å². The van der Waals surface area contributed by atoms with E-state index in [1.807, 2.05) is 6.07 Å². The number of piperidine rings is 1. The van der Waals surface area contributed by atoms with Crippen LogP contribution in [0.3, 0.4) is 0 Å². The first kappa shape index (κ1) is 14.6. The van der Waals surface area contributed by atoms with Gasteiger partial charge in [0, 0.05) is 19.6 Å². The van der Waals surface area contributed by atoms with Crippen LogP contribution < -0.4 is 10.6 Å². The molecule has 1 aromatic carbocycles. The van der Waals surface area contributed by atoms with Crippen LogP contribution in [0.2, 0.25) is 0 Å². The minimum atomic E-state index is -0.208. The summed E-state index contributed by atoms with van der Waals surface area (Å²) in [5.41, 5.74) is 8.25. The van der Waals surface area contributed by atoms with Gasteiger partial charge in [0.25, 0.3) is 0 Å². The van der Waals surface area contributed by atoms with Crippen molar-refractivity contribution in [2.45, 2.75) is 32.6 Å². The van der Waals surface area contributed by atoms with Crippen molar-refractivity contribution in [1.82, 2.24) is 4.90 Å². The predicted molar refractivity (Wildman–Crippen MR) is 86.2 cm³/mol. The number of hydrogen-bond donors (Lipinski definition) is 1. The second kappa shape index (κ2) is 6.22. The number of nitrogens with two attached hydrogens (primary N) is 1. The molecule has 2 aliphatic heterocycles. The molecule has 0 radical (unpaired) electrons. The number of likely N-dealkylation sites (tertiary alicyclic amines) is 1. The molecular formula is C17H26FN3. The number of nitrogens with zero attached hydrogens (tertiary/aromatic N) is 2. The quantitative estimate of drug-likeness (QED) is 0.869. The van der Waals surface area contributed by atoms with Crippen molar-refractivity contribution >= 4 is 11.4 Å². The third kappa shape index (κ3) is 3.31. The lowest BCUT2D eigenvalue weighted by atomic mass is 9.95. The molecule has 4 heteroatoms. The average molecular weight is 291 g/mol. The number of halogens is 1. The van der Waals surface area contributed by atoms with Crippen molar-refractivity contribution < 1.29 is 4.39 Å². The highest BCUT2D eigenvalue weighted by atomic mass is 19.1. The van der Waals surface area contributed by atoms with E-state index in [1.54, 1.807) is 6.92 Å². The summed E-state index contributed by atoms with van der Waals surface area (Å²) < 4.78 is 13.5. The molecule has 0 aliphatic carbocycles. The summed E-state index contributed by atoms with van der Waals surface area (Å²) in [5, 5.41) is 0. The summed E-state index contributed by atoms with van der Waals surface area (Å²) in [5.74, 6) is 0.599. The van der Waals surface area contributed by atoms with Crippen molar-refractivity contribution in [1.29, 1.82) is 0 Å². The normalized spacial score (nSPS) is 21.1. The Hall–Kier alpha value is -1.29. The molecule has 116 valence electrons. The first-order valence-corrected chi connectivity index (χ1v) is 8.16. The number of rotatable bonds is 3. The molecule has 3 nitrogen and oxygen atoms in total. The van der Waals surface area contributed by atoms with Crippen LogP contribution in [0.25, 0.3) is 0 Å². The van der Waals surface area contributed by atoms with Crippen LogP contribution in [0.5, 0.6) is 0 Å². The predicted octanol–water partition coefficient (Wildman–Crippen LogP) is 3.03. The van der Waals surface area contributed by atoms with Gasteiger partial charge in [-0.05, 0) is 69.3 Å². The summed E-state index contributed by atoms with van der Waals surface area (Å²) >= 11 is 0. The molecule has 3 rings (SSSR count). The highest BCUT2D eigenvalue weighted by Gasteiger charge is 2.24. The fourth-order valence-electron chi connectivity index (χ4n) is 3.64. The smallest absolute Gasteiger partial charge is 0.128 e. The van der Waals surface area contributed by atoms with E-state index >= 15 is 0 Å². The summed E-state index contributed by atoms with van der Waals surface area (Å²) in [7, 11) is 0. The highest BCUT2D eigenvalue weighted by molar-refractivity contribution is 5.68. The van der Waals surface area contributed by atoms with Gasteiger partial charge >= 0.3 is 0 Å². The Bertz CT molecular complexity index is 489. The number of aryl methyl sites for hydroxylation is 1. The maximum Gasteiger partial charge on any atom is 0.128 e. The standard InChI is InChI=1S/C17H26FN3/c1-13-10-17(16(19)11-15(13)18)21-8-4-14(5-9-21)12-20-6-2-3-7-20/h10-11,14H,2-9,12,19H2,1H3. The third-order valence-electron chi connectivity index (χ3n) is 4.98. The largest absolute Gasteiger partial charge is 0.397 e. The average Bonchev–Trinajstić information content (AvgIpc) is 2.97. The second-order valence-corrected chi connectivity index (χ2v) is 6.60. The van der Waals surface area contributed by atoms with Crippen molar-refractivity contribution in [2.24, 2.45) is 5.92 Å². The summed E-state index contributed by atoms with van der Waals surface area (Å²) in [6, 6.07) is 3.35. The highest BCUT2D eigenvalue weighted by Crippen LogP contribution is 2.30. The molecule has 0 saturated carbocycles. The van der Waals surface area contributed by atoms with Gasteiger partial charge in [-0.1, -0.05) is 0 Å². The first-order valence-electron chi connectivity index (χ1n) is 8.16. The van der Waals surface area contributed by atoms with Crippen LogP contribution in [-0.4, -0.2) is 37.6 Å². The lowest BCUT2D eigenvalue weighted by molar-refractivity contribution is 0.249. The lowest BCUT2D eigenvalue weighted by Gasteiger charge is -2.36. The van der Waals surface area contributed by atoms with E-state index in [0.717, 1.165) is 24.7 Å². The maximum absolute atomic E-state index is 13.5. The van der Waals surface area contributed by atoms with E-state index < -0.39 is 0 Å². The first-order chi connectivity index (χ1) is 10.1. The van der Waals surface area contributed by atoms with Crippen molar-refractivity contribution in [3.8, 4) is 0 Å². The topological polar surface area (TPSA) is 32.5 Å². The monoisotopic (exact) mass is 291 g/mol. The van der Waals surface area contributed by atoms with Gasteiger partial charge in [-0.25, -0.2) is 4.39 Å². The molecule has 0 unspecified atom stereocenters. The molecule has 1 aromatic rings. The number of nitrogen functional groups attached to an aromatic ring is 1. The zero-order chi connectivity index (χ0) is 14.8. The molecule has 2 heterocycles. The Balaban J connectivity index is 1.59. The Morgan fingerprint density at radius 1 is 1.14 bits per heavy atom. The molecule has 21 heavy (non-hydrogen) atoms. The Morgan fingerprint density at radius 3 is 2.48 bits per heavy atom. The zero-order valence-electron chi connectivity index (χ0n) is 12.9. The lowest BCUT2D eigenvalue weighted by Crippen LogP contribution is -2.38. The van der Waals surface area contributed by atoms with Gasteiger partial charge in [0.15, 0.2) is 0 Å². The van der Waals surface area contributed by atoms with E-state index in [1.165, 1.54) is 51.4 Å². The van der Waals surface area contributed by atoms with E-state index in [4.69, 9.17) is 5.73 Å². The maximum atomic E-state index is 13.5. The van der Waals surface area contributed by atoms with E-state index in [-0.39, 0.29) is 5.82 Å². The molecule has 2 fully saturated rings. The van der Waals surface area contributed by atoms with Crippen molar-refractivity contribution in [3.63, 3.8) is 0 Å². The molecule has 0 spiro atoms. The summed E-state index contributed by atoms with van der Waals surface area (Å²) in [6.07, 6.45) is 5.16. The molecule has 0 amide bonds. The van der Waals surface area contributed by atoms with Gasteiger partial charge < -0.3 is 15.5 Å². The van der Waals surface area contributed by atoms with Crippen LogP contribution in [0, 0.1) is 18.7 Å². The third-order valence-corrected chi connectivity index (χ3v) is 4.98. The molecular weight excluding hydrogens is 265 g/mol. The van der Waals surface area contributed by atoms with Crippen LogP contribution >= 0.6 is 0 Å². The molecule has 2 aliphatic rings. The Kier molecular flexibility index (Phi) is 4.34. The van der Waals surface area contributed by atoms with Crippen LogP contribution in [0.1, 0.15) is 31.2 Å². The van der Waals surface area contributed by atoms with Gasteiger partial charge in [-0.15, -0.1) is 0 Å². The van der Waals surface area contributed by atoms with Crippen LogP contribution in [0.4, 0.5) is 15.8 Å². The fourth-order valence-corrected chi connectivity index (χ4v) is 3.64. The Labute approximate surface area is 126 Å². The number of anilines is 2. The van der Waals surface area contributed by atoms with Gasteiger partial charge in [0.2, 0.25) is 0 Å². The van der Waals surface area contributed by atoms with Gasteiger partial charge in [0.05, 0.1) is 11.4 Å². The van der Waals surface area contributed by atoms with Crippen LogP contribution in [-0.2, 0) is 0 Å². The molecule has 0 aromatic heterocycles. The molecule has 0 atom stereocenters. The van der Waals surface area contributed by atoms with E-state index in [0.29, 0.717) is 11.3 Å². The minimum Gasteiger partial charge on any atom is -0.397 e. The van der Waals surface area contributed by atoms with Crippen molar-refractivity contribution in [2.75, 3.05) is 43.4 Å².